The van der Waals surface area contributed by atoms with Crippen LogP contribution in [0.1, 0.15) is 25.8 Å². The summed E-state index contributed by atoms with van der Waals surface area (Å²) in [7, 11) is 0. The number of benzene rings is 3. The average Bonchev–Trinajstić information content (AvgIpc) is 3.29. The van der Waals surface area contributed by atoms with Crippen LogP contribution in [-0.4, -0.2) is 22.0 Å². The van der Waals surface area contributed by atoms with Crippen LogP contribution in [0.2, 0.25) is 0 Å². The van der Waals surface area contributed by atoms with Gasteiger partial charge in [-0.1, -0.05) is 37.3 Å². The van der Waals surface area contributed by atoms with Crippen LogP contribution in [0.4, 0.5) is 0 Å². The Morgan fingerprint density at radius 3 is 2.54 bits per heavy atom. The van der Waals surface area contributed by atoms with E-state index in [1.165, 1.54) is 4.68 Å². The van der Waals surface area contributed by atoms with E-state index in [0.717, 1.165) is 32.1 Å². The van der Waals surface area contributed by atoms with Crippen molar-refractivity contribution < 1.29 is 9.15 Å². The van der Waals surface area contributed by atoms with E-state index in [4.69, 9.17) is 14.1 Å². The number of furan rings is 1. The third-order valence-electron chi connectivity index (χ3n) is 5.64. The molecule has 0 amide bonds. The summed E-state index contributed by atoms with van der Waals surface area (Å²) < 4.78 is 14.9. The van der Waals surface area contributed by atoms with E-state index in [0.29, 0.717) is 28.1 Å². The summed E-state index contributed by atoms with van der Waals surface area (Å²) in [5, 5.41) is 5.93. The Kier molecular flexibility index (Phi) is 6.58. The van der Waals surface area contributed by atoms with Gasteiger partial charge >= 0.3 is 0 Å². The van der Waals surface area contributed by atoms with Crippen molar-refractivity contribution in [3.05, 3.63) is 91.6 Å². The Morgan fingerprint density at radius 1 is 1.09 bits per heavy atom. The molecule has 3 aromatic carbocycles. The smallest absolute Gasteiger partial charge is 0.282 e. The Hall–Kier alpha value is -3.23. The first-order valence-corrected chi connectivity index (χ1v) is 12.7. The molecule has 2 heterocycles. The third kappa shape index (κ3) is 4.68. The Labute approximate surface area is 218 Å². The zero-order chi connectivity index (χ0) is 24.5. The van der Waals surface area contributed by atoms with E-state index in [1.807, 2.05) is 61.5 Å². The second-order valence-electron chi connectivity index (χ2n) is 8.11. The molecule has 0 N–H and O–H groups in total. The van der Waals surface area contributed by atoms with Crippen LogP contribution < -0.4 is 10.3 Å². The molecule has 6 nitrogen and oxygen atoms in total. The molecule has 0 aliphatic rings. The first kappa shape index (κ1) is 23.5. The molecule has 5 rings (SSSR count). The van der Waals surface area contributed by atoms with Gasteiger partial charge in [0.1, 0.15) is 11.3 Å². The molecule has 0 aliphatic carbocycles. The zero-order valence-electron chi connectivity index (χ0n) is 19.0. The maximum atomic E-state index is 13.4. The van der Waals surface area contributed by atoms with Crippen molar-refractivity contribution in [2.24, 2.45) is 5.10 Å². The van der Waals surface area contributed by atoms with Gasteiger partial charge in [0.25, 0.3) is 5.56 Å². The van der Waals surface area contributed by atoms with Gasteiger partial charge < -0.3 is 9.15 Å². The van der Waals surface area contributed by atoms with Crippen molar-refractivity contribution >= 4 is 59.9 Å². The minimum absolute atomic E-state index is 0.0794. The van der Waals surface area contributed by atoms with Gasteiger partial charge in [-0.05, 0) is 87.2 Å². The molecule has 0 spiro atoms. The Bertz CT molecular complexity index is 1580. The Morgan fingerprint density at radius 2 is 1.80 bits per heavy atom. The van der Waals surface area contributed by atoms with Crippen LogP contribution in [0.5, 0.6) is 5.75 Å². The van der Waals surface area contributed by atoms with Gasteiger partial charge in [0, 0.05) is 5.39 Å². The lowest BCUT2D eigenvalue weighted by molar-refractivity contribution is 0.214. The predicted octanol–water partition coefficient (Wildman–Crippen LogP) is 7.39. The van der Waals surface area contributed by atoms with E-state index in [9.17, 15) is 4.79 Å². The van der Waals surface area contributed by atoms with Gasteiger partial charge in [-0.15, -0.1) is 0 Å². The van der Waals surface area contributed by atoms with Gasteiger partial charge in [0.05, 0.1) is 32.2 Å². The van der Waals surface area contributed by atoms with E-state index in [2.05, 4.69) is 43.9 Å². The van der Waals surface area contributed by atoms with E-state index >= 15 is 0 Å². The highest BCUT2D eigenvalue weighted by molar-refractivity contribution is 9.11. The lowest BCUT2D eigenvalue weighted by Gasteiger charge is -2.16. The van der Waals surface area contributed by atoms with Gasteiger partial charge in [0.2, 0.25) is 5.82 Å². The molecule has 1 atom stereocenters. The first-order chi connectivity index (χ1) is 16.9. The topological polar surface area (TPSA) is 69.6 Å². The number of halogens is 2. The molecule has 176 valence electrons. The van der Waals surface area contributed by atoms with Crippen molar-refractivity contribution in [1.29, 1.82) is 0 Å². The molecule has 0 radical (unpaired) electrons. The number of ether oxygens (including phenoxy) is 1. The molecule has 0 saturated heterocycles. The van der Waals surface area contributed by atoms with Crippen molar-refractivity contribution in [1.82, 2.24) is 9.66 Å². The molecule has 0 fully saturated rings. The number of aromatic nitrogens is 2. The number of fused-ring (bicyclic) bond motifs is 2. The van der Waals surface area contributed by atoms with E-state index < -0.39 is 0 Å². The lowest BCUT2D eigenvalue weighted by Crippen LogP contribution is -2.20. The maximum absolute atomic E-state index is 13.4. The summed E-state index contributed by atoms with van der Waals surface area (Å²) in [6.07, 6.45) is 2.59. The minimum Gasteiger partial charge on any atom is -0.488 e. The molecule has 0 saturated carbocycles. The van der Waals surface area contributed by atoms with Gasteiger partial charge in [-0.3, -0.25) is 4.79 Å². The number of hydrogen-bond donors (Lipinski definition) is 0. The summed E-state index contributed by atoms with van der Waals surface area (Å²) in [5.41, 5.74) is 1.79. The second kappa shape index (κ2) is 9.79. The fourth-order valence-corrected chi connectivity index (χ4v) is 5.07. The maximum Gasteiger partial charge on any atom is 0.282 e. The molecule has 0 aliphatic heterocycles. The largest absolute Gasteiger partial charge is 0.488 e. The standard InChI is InChI=1S/C27H21Br2N3O3/c1-3-16(2)34-25-20(28)12-17(13-21(25)29)15-30-32-26(24-14-18-8-4-7-11-23(18)35-24)31-22-10-6-5-9-19(22)27(32)33/h4-16H,3H2,1-2H3/t16-/m0/s1. The molecule has 35 heavy (non-hydrogen) atoms. The number of hydrogen-bond acceptors (Lipinski definition) is 5. The van der Waals surface area contributed by atoms with Crippen molar-refractivity contribution in [3.63, 3.8) is 0 Å². The van der Waals surface area contributed by atoms with Gasteiger partial charge in [0.15, 0.2) is 5.76 Å². The number of nitrogens with zero attached hydrogens (tertiary/aromatic N) is 3. The molecule has 5 aromatic rings. The van der Waals surface area contributed by atoms with E-state index in [1.54, 1.807) is 18.3 Å². The fraction of sp³-hybridized carbons (Fsp3) is 0.148. The van der Waals surface area contributed by atoms with Crippen LogP contribution in [0.3, 0.4) is 0 Å². The SMILES string of the molecule is CC[C@H](C)Oc1c(Br)cc(C=Nn2c(-c3cc4ccccc4o3)nc3ccccc3c2=O)cc1Br. The highest BCUT2D eigenvalue weighted by atomic mass is 79.9. The van der Waals surface area contributed by atoms with Gasteiger partial charge in [-0.2, -0.15) is 9.78 Å². The van der Waals surface area contributed by atoms with Crippen LogP contribution in [0.15, 0.2) is 90.0 Å². The van der Waals surface area contributed by atoms with Crippen molar-refractivity contribution in [3.8, 4) is 17.3 Å². The van der Waals surface area contributed by atoms with Crippen LogP contribution in [0, 0.1) is 0 Å². The zero-order valence-corrected chi connectivity index (χ0v) is 22.2. The van der Waals surface area contributed by atoms with E-state index in [-0.39, 0.29) is 11.7 Å². The molecule has 8 heteroatoms. The van der Waals surface area contributed by atoms with Crippen LogP contribution in [0.25, 0.3) is 33.5 Å². The van der Waals surface area contributed by atoms with Crippen molar-refractivity contribution in [2.45, 2.75) is 26.4 Å². The first-order valence-electron chi connectivity index (χ1n) is 11.2. The lowest BCUT2D eigenvalue weighted by atomic mass is 10.2. The molecule has 0 unspecified atom stereocenters. The predicted molar refractivity (Wildman–Crippen MR) is 146 cm³/mol. The van der Waals surface area contributed by atoms with Crippen LogP contribution >= 0.6 is 31.9 Å². The quantitative estimate of drug-likeness (QED) is 0.192. The summed E-state index contributed by atoms with van der Waals surface area (Å²) in [4.78, 5) is 18.2. The average molecular weight is 595 g/mol. The van der Waals surface area contributed by atoms with Gasteiger partial charge in [-0.25, -0.2) is 4.98 Å². The molecule has 0 bridgehead atoms. The highest BCUT2D eigenvalue weighted by Crippen LogP contribution is 2.35. The van der Waals surface area contributed by atoms with Crippen molar-refractivity contribution in [2.75, 3.05) is 0 Å². The summed E-state index contributed by atoms with van der Waals surface area (Å²) >= 11 is 7.17. The second-order valence-corrected chi connectivity index (χ2v) is 9.82. The summed E-state index contributed by atoms with van der Waals surface area (Å²) in [5.74, 6) is 1.52. The highest BCUT2D eigenvalue weighted by Gasteiger charge is 2.17. The third-order valence-corrected chi connectivity index (χ3v) is 6.81. The minimum atomic E-state index is -0.280. The monoisotopic (exact) mass is 593 g/mol. The molecule has 2 aromatic heterocycles. The Balaban J connectivity index is 1.63. The number of rotatable bonds is 6. The normalized spacial score (nSPS) is 12.6. The molecular formula is C27H21Br2N3O3. The summed E-state index contributed by atoms with van der Waals surface area (Å²) in [6, 6.07) is 20.5. The number of para-hydroxylation sites is 2. The molecular weight excluding hydrogens is 574 g/mol. The fourth-order valence-electron chi connectivity index (χ4n) is 3.66. The summed E-state index contributed by atoms with van der Waals surface area (Å²) in [6.45, 7) is 4.09. The van der Waals surface area contributed by atoms with Crippen LogP contribution in [-0.2, 0) is 0 Å².